The molecule has 0 saturated heterocycles. The van der Waals surface area contributed by atoms with E-state index < -0.39 is 0 Å². The molecule has 1 saturated carbocycles. The van der Waals surface area contributed by atoms with E-state index in [0.29, 0.717) is 18.0 Å². The van der Waals surface area contributed by atoms with Crippen molar-refractivity contribution in [1.82, 2.24) is 20.4 Å². The summed E-state index contributed by atoms with van der Waals surface area (Å²) >= 11 is 0. The predicted molar refractivity (Wildman–Crippen MR) is 86.4 cm³/mol. The first-order chi connectivity index (χ1) is 10.7. The highest BCUT2D eigenvalue weighted by atomic mass is 16.1. The van der Waals surface area contributed by atoms with Crippen LogP contribution >= 0.6 is 0 Å². The summed E-state index contributed by atoms with van der Waals surface area (Å²) in [5, 5.41) is 10.6. The van der Waals surface area contributed by atoms with Gasteiger partial charge in [0.2, 0.25) is 0 Å². The second kappa shape index (κ2) is 6.32. The number of amides is 1. The molecular weight excluding hydrogens is 276 g/mol. The van der Waals surface area contributed by atoms with Crippen molar-refractivity contribution in [3.63, 3.8) is 0 Å². The number of benzene rings is 1. The van der Waals surface area contributed by atoms with Crippen LogP contribution in [0.25, 0.3) is 5.69 Å². The average molecular weight is 298 g/mol. The molecule has 116 valence electrons. The monoisotopic (exact) mass is 298 g/mol. The lowest BCUT2D eigenvalue weighted by Gasteiger charge is -2.12. The Morgan fingerprint density at radius 3 is 2.73 bits per heavy atom. The molecule has 0 radical (unpaired) electrons. The van der Waals surface area contributed by atoms with Crippen molar-refractivity contribution in [2.24, 2.45) is 0 Å². The quantitative estimate of drug-likeness (QED) is 0.858. The number of likely N-dealkylation sites (N-methyl/N-ethyl adjacent to an activating group) is 1. The van der Waals surface area contributed by atoms with Gasteiger partial charge in [0.25, 0.3) is 5.91 Å². The van der Waals surface area contributed by atoms with Crippen LogP contribution in [0, 0.1) is 0 Å². The molecular formula is C17H22N4O. The molecule has 0 bridgehead atoms. The summed E-state index contributed by atoms with van der Waals surface area (Å²) in [6.45, 7) is 2.64. The third-order valence-corrected chi connectivity index (χ3v) is 4.08. The molecule has 0 spiro atoms. The van der Waals surface area contributed by atoms with Crippen molar-refractivity contribution in [3.05, 3.63) is 47.8 Å². The first-order valence-electron chi connectivity index (χ1n) is 7.79. The molecule has 1 fully saturated rings. The third kappa shape index (κ3) is 3.04. The second-order valence-electron chi connectivity index (χ2n) is 5.86. The maximum atomic E-state index is 12.5. The SMILES string of the molecule is CNC(C)CNC(=O)c1cnn(-c2ccccc2)c1C1CC1. The van der Waals surface area contributed by atoms with E-state index in [1.54, 1.807) is 6.20 Å². The van der Waals surface area contributed by atoms with Crippen LogP contribution in [-0.4, -0.2) is 35.3 Å². The Morgan fingerprint density at radius 1 is 1.36 bits per heavy atom. The molecule has 1 unspecified atom stereocenters. The molecule has 2 aromatic rings. The minimum Gasteiger partial charge on any atom is -0.350 e. The first kappa shape index (κ1) is 14.8. The smallest absolute Gasteiger partial charge is 0.254 e. The van der Waals surface area contributed by atoms with Gasteiger partial charge >= 0.3 is 0 Å². The van der Waals surface area contributed by atoms with Crippen LogP contribution in [0.5, 0.6) is 0 Å². The number of hydrogen-bond acceptors (Lipinski definition) is 3. The van der Waals surface area contributed by atoms with Crippen molar-refractivity contribution < 1.29 is 4.79 Å². The summed E-state index contributed by atoms with van der Waals surface area (Å²) in [6, 6.07) is 10.2. The Morgan fingerprint density at radius 2 is 2.09 bits per heavy atom. The van der Waals surface area contributed by atoms with E-state index in [2.05, 4.69) is 15.7 Å². The van der Waals surface area contributed by atoms with Crippen LogP contribution in [0.4, 0.5) is 0 Å². The van der Waals surface area contributed by atoms with Crippen molar-refractivity contribution in [3.8, 4) is 5.69 Å². The van der Waals surface area contributed by atoms with Crippen molar-refractivity contribution in [2.75, 3.05) is 13.6 Å². The Bertz CT molecular complexity index is 646. The second-order valence-corrected chi connectivity index (χ2v) is 5.86. The Balaban J connectivity index is 1.86. The van der Waals surface area contributed by atoms with Gasteiger partial charge in [-0.2, -0.15) is 5.10 Å². The van der Waals surface area contributed by atoms with Crippen LogP contribution in [0.3, 0.4) is 0 Å². The molecule has 1 aliphatic carbocycles. The fourth-order valence-corrected chi connectivity index (χ4v) is 2.50. The van der Waals surface area contributed by atoms with Gasteiger partial charge in [-0.3, -0.25) is 4.79 Å². The zero-order valence-electron chi connectivity index (χ0n) is 13.0. The van der Waals surface area contributed by atoms with Crippen LogP contribution in [0.2, 0.25) is 0 Å². The van der Waals surface area contributed by atoms with Crippen LogP contribution in [-0.2, 0) is 0 Å². The minimum absolute atomic E-state index is 0.0359. The number of carbonyl (C=O) groups excluding carboxylic acids is 1. The fourth-order valence-electron chi connectivity index (χ4n) is 2.50. The van der Waals surface area contributed by atoms with Crippen molar-refractivity contribution in [2.45, 2.75) is 31.7 Å². The maximum absolute atomic E-state index is 12.5. The van der Waals surface area contributed by atoms with Gasteiger partial charge < -0.3 is 10.6 Å². The standard InChI is InChI=1S/C17H22N4O/c1-12(18-2)10-19-17(22)15-11-20-21(16(15)13-8-9-13)14-6-4-3-5-7-14/h3-7,11-13,18H,8-10H2,1-2H3,(H,19,22). The third-order valence-electron chi connectivity index (χ3n) is 4.08. The Hall–Kier alpha value is -2.14. The number of hydrogen-bond donors (Lipinski definition) is 2. The largest absolute Gasteiger partial charge is 0.350 e. The number of aromatic nitrogens is 2. The lowest BCUT2D eigenvalue weighted by molar-refractivity contribution is 0.0949. The lowest BCUT2D eigenvalue weighted by Crippen LogP contribution is -2.37. The van der Waals surface area contributed by atoms with E-state index in [4.69, 9.17) is 0 Å². The highest BCUT2D eigenvalue weighted by Crippen LogP contribution is 2.42. The number of carbonyl (C=O) groups is 1. The summed E-state index contributed by atoms with van der Waals surface area (Å²) in [5.74, 6) is 0.413. The van der Waals surface area contributed by atoms with Gasteiger partial charge in [-0.25, -0.2) is 4.68 Å². The molecule has 5 nitrogen and oxygen atoms in total. The van der Waals surface area contributed by atoms with Gasteiger partial charge in [-0.05, 0) is 38.9 Å². The Labute approximate surface area is 130 Å². The zero-order chi connectivity index (χ0) is 15.5. The first-order valence-corrected chi connectivity index (χ1v) is 7.79. The van der Waals surface area contributed by atoms with E-state index in [0.717, 1.165) is 24.2 Å². The van der Waals surface area contributed by atoms with Gasteiger partial charge in [0.1, 0.15) is 0 Å². The molecule has 1 aliphatic rings. The van der Waals surface area contributed by atoms with E-state index >= 15 is 0 Å². The maximum Gasteiger partial charge on any atom is 0.254 e. The molecule has 1 aromatic carbocycles. The predicted octanol–water partition coefficient (Wildman–Crippen LogP) is 2.09. The molecule has 0 aliphatic heterocycles. The average Bonchev–Trinajstić information content (AvgIpc) is 3.31. The Kier molecular flexibility index (Phi) is 4.24. The molecule has 1 aromatic heterocycles. The number of para-hydroxylation sites is 1. The molecule has 5 heteroatoms. The minimum atomic E-state index is -0.0359. The van der Waals surface area contributed by atoms with Gasteiger partial charge in [-0.15, -0.1) is 0 Å². The molecule has 3 rings (SSSR count). The topological polar surface area (TPSA) is 58.9 Å². The molecule has 1 heterocycles. The van der Waals surface area contributed by atoms with E-state index in [-0.39, 0.29) is 11.9 Å². The summed E-state index contributed by atoms with van der Waals surface area (Å²) in [5.41, 5.74) is 2.75. The number of rotatable bonds is 6. The summed E-state index contributed by atoms with van der Waals surface area (Å²) in [4.78, 5) is 12.5. The normalized spacial score (nSPS) is 15.5. The number of nitrogens with one attached hydrogen (secondary N) is 2. The summed E-state index contributed by atoms with van der Waals surface area (Å²) in [6.07, 6.45) is 3.96. The summed E-state index contributed by atoms with van der Waals surface area (Å²) in [7, 11) is 1.89. The zero-order valence-corrected chi connectivity index (χ0v) is 13.0. The van der Waals surface area contributed by atoms with Gasteiger partial charge in [-0.1, -0.05) is 18.2 Å². The van der Waals surface area contributed by atoms with Crippen LogP contribution in [0.1, 0.15) is 41.7 Å². The van der Waals surface area contributed by atoms with Crippen LogP contribution < -0.4 is 10.6 Å². The van der Waals surface area contributed by atoms with E-state index in [9.17, 15) is 4.79 Å². The number of nitrogens with zero attached hydrogens (tertiary/aromatic N) is 2. The van der Waals surface area contributed by atoms with E-state index in [1.807, 2.05) is 49.0 Å². The van der Waals surface area contributed by atoms with Crippen molar-refractivity contribution >= 4 is 5.91 Å². The molecule has 1 atom stereocenters. The molecule has 1 amide bonds. The highest BCUT2D eigenvalue weighted by Gasteiger charge is 2.32. The molecule has 2 N–H and O–H groups in total. The van der Waals surface area contributed by atoms with E-state index in [1.165, 1.54) is 0 Å². The van der Waals surface area contributed by atoms with Gasteiger partial charge in [0.15, 0.2) is 0 Å². The van der Waals surface area contributed by atoms with Crippen molar-refractivity contribution in [1.29, 1.82) is 0 Å². The van der Waals surface area contributed by atoms with Gasteiger partial charge in [0.05, 0.1) is 23.1 Å². The van der Waals surface area contributed by atoms with Gasteiger partial charge in [0, 0.05) is 18.5 Å². The lowest BCUT2D eigenvalue weighted by atomic mass is 10.1. The molecule has 22 heavy (non-hydrogen) atoms. The fraction of sp³-hybridized carbons (Fsp3) is 0.412. The summed E-state index contributed by atoms with van der Waals surface area (Å²) < 4.78 is 1.91. The van der Waals surface area contributed by atoms with Crippen LogP contribution in [0.15, 0.2) is 36.5 Å². The highest BCUT2D eigenvalue weighted by molar-refractivity contribution is 5.95.